The molecule has 1 N–H and O–H groups in total. The summed E-state index contributed by atoms with van der Waals surface area (Å²) in [5.74, 6) is -0.459. The normalized spacial score (nSPS) is 16.9. The second-order valence-corrected chi connectivity index (χ2v) is 10.9. The average Bonchev–Trinajstić information content (AvgIpc) is 3.38. The fraction of sp³-hybridized carbons (Fsp3) is 0.208. The molecule has 3 heterocycles. The van der Waals surface area contributed by atoms with Gasteiger partial charge in [-0.05, 0) is 55.0 Å². The standard InChI is InChI=1S/C24H20ClFN4O4S/c1-34-24-20(11-15(25)12-27-24)22-19-7-2-14(23(31)28-17-8-9-35(32,33)13-17)10-21(19)30(29-22)18-5-3-16(26)4-6-18/h2-7,10-12,17H,8-9,13H2,1H3,(H,28,31). The SMILES string of the molecule is COc1ncc(Cl)cc1-c1nn(-c2ccc(F)cc2)c2cc(C(=O)NC3CCS(=O)(=O)C3)ccc12. The molecule has 11 heteroatoms. The maximum Gasteiger partial charge on any atom is 0.251 e. The minimum Gasteiger partial charge on any atom is -0.481 e. The summed E-state index contributed by atoms with van der Waals surface area (Å²) in [5, 5.41) is 8.63. The number of nitrogens with one attached hydrogen (secondary N) is 1. The lowest BCUT2D eigenvalue weighted by molar-refractivity contribution is 0.0941. The van der Waals surface area contributed by atoms with Crippen LogP contribution in [-0.2, 0) is 9.84 Å². The van der Waals surface area contributed by atoms with Crippen LogP contribution in [0.4, 0.5) is 4.39 Å². The first kappa shape index (κ1) is 23.3. The van der Waals surface area contributed by atoms with E-state index in [2.05, 4.69) is 10.3 Å². The summed E-state index contributed by atoms with van der Waals surface area (Å²) in [7, 11) is -1.64. The van der Waals surface area contributed by atoms with Crippen LogP contribution in [-0.4, -0.2) is 53.7 Å². The second-order valence-electron chi connectivity index (χ2n) is 8.25. The van der Waals surface area contributed by atoms with Gasteiger partial charge in [0.25, 0.3) is 5.91 Å². The summed E-state index contributed by atoms with van der Waals surface area (Å²) < 4.78 is 44.1. The van der Waals surface area contributed by atoms with E-state index < -0.39 is 21.7 Å². The van der Waals surface area contributed by atoms with Crippen molar-refractivity contribution in [1.82, 2.24) is 20.1 Å². The first-order chi connectivity index (χ1) is 16.7. The van der Waals surface area contributed by atoms with Gasteiger partial charge < -0.3 is 10.1 Å². The highest BCUT2D eigenvalue weighted by Crippen LogP contribution is 2.36. The average molecular weight is 515 g/mol. The largest absolute Gasteiger partial charge is 0.481 e. The van der Waals surface area contributed by atoms with Crippen LogP contribution in [0.3, 0.4) is 0 Å². The van der Waals surface area contributed by atoms with Crippen molar-refractivity contribution in [2.75, 3.05) is 18.6 Å². The highest BCUT2D eigenvalue weighted by molar-refractivity contribution is 7.91. The summed E-state index contributed by atoms with van der Waals surface area (Å²) in [6, 6.07) is 12.1. The number of methoxy groups -OCH3 is 1. The Morgan fingerprint density at radius 2 is 1.97 bits per heavy atom. The number of carbonyl (C=O) groups excluding carboxylic acids is 1. The molecule has 2 aromatic heterocycles. The molecule has 2 aromatic carbocycles. The number of rotatable bonds is 5. The van der Waals surface area contributed by atoms with Crippen LogP contribution in [0, 0.1) is 5.82 Å². The van der Waals surface area contributed by atoms with Gasteiger partial charge in [0, 0.05) is 23.2 Å². The predicted octanol–water partition coefficient (Wildman–Crippen LogP) is 3.81. The summed E-state index contributed by atoms with van der Waals surface area (Å²) >= 11 is 6.19. The van der Waals surface area contributed by atoms with E-state index in [-0.39, 0.29) is 17.4 Å². The lowest BCUT2D eigenvalue weighted by atomic mass is 10.1. The number of halogens is 2. The van der Waals surface area contributed by atoms with Gasteiger partial charge in [-0.25, -0.2) is 22.5 Å². The Morgan fingerprint density at radius 3 is 2.66 bits per heavy atom. The molecule has 0 radical (unpaired) electrons. The van der Waals surface area contributed by atoms with Crippen LogP contribution in [0.25, 0.3) is 27.8 Å². The van der Waals surface area contributed by atoms with E-state index in [1.54, 1.807) is 41.1 Å². The Morgan fingerprint density at radius 1 is 1.20 bits per heavy atom. The van der Waals surface area contributed by atoms with Crippen molar-refractivity contribution in [3.05, 3.63) is 71.1 Å². The van der Waals surface area contributed by atoms with Crippen LogP contribution in [0.2, 0.25) is 5.02 Å². The first-order valence-electron chi connectivity index (χ1n) is 10.7. The van der Waals surface area contributed by atoms with Crippen LogP contribution in [0.1, 0.15) is 16.8 Å². The van der Waals surface area contributed by atoms with Gasteiger partial charge in [0.2, 0.25) is 5.88 Å². The van der Waals surface area contributed by atoms with Crippen LogP contribution in [0.15, 0.2) is 54.7 Å². The smallest absolute Gasteiger partial charge is 0.251 e. The van der Waals surface area contributed by atoms with E-state index in [0.717, 1.165) is 0 Å². The molecule has 1 amide bonds. The minimum atomic E-state index is -3.13. The number of sulfone groups is 1. The molecule has 1 unspecified atom stereocenters. The number of hydrogen-bond acceptors (Lipinski definition) is 6. The van der Waals surface area contributed by atoms with E-state index in [0.29, 0.717) is 50.7 Å². The molecule has 180 valence electrons. The zero-order valence-electron chi connectivity index (χ0n) is 18.5. The Balaban J connectivity index is 1.63. The molecule has 35 heavy (non-hydrogen) atoms. The number of amides is 1. The zero-order valence-corrected chi connectivity index (χ0v) is 20.1. The maximum atomic E-state index is 13.6. The zero-order chi connectivity index (χ0) is 24.7. The van der Waals surface area contributed by atoms with Crippen LogP contribution >= 0.6 is 11.6 Å². The summed E-state index contributed by atoms with van der Waals surface area (Å²) in [6.07, 6.45) is 1.85. The van der Waals surface area contributed by atoms with E-state index in [4.69, 9.17) is 21.4 Å². The summed E-state index contributed by atoms with van der Waals surface area (Å²) in [6.45, 7) is 0. The van der Waals surface area contributed by atoms with Crippen molar-refractivity contribution in [2.24, 2.45) is 0 Å². The van der Waals surface area contributed by atoms with E-state index in [1.807, 2.05) is 0 Å². The number of fused-ring (bicyclic) bond motifs is 1. The molecule has 1 fully saturated rings. The lowest BCUT2D eigenvalue weighted by Crippen LogP contribution is -2.35. The third-order valence-corrected chi connectivity index (χ3v) is 7.82. The first-order valence-corrected chi connectivity index (χ1v) is 12.9. The number of benzene rings is 2. The van der Waals surface area contributed by atoms with Gasteiger partial charge in [-0.1, -0.05) is 11.6 Å². The van der Waals surface area contributed by atoms with Crippen molar-refractivity contribution in [1.29, 1.82) is 0 Å². The van der Waals surface area contributed by atoms with E-state index in [9.17, 15) is 17.6 Å². The second kappa shape index (κ2) is 8.94. The van der Waals surface area contributed by atoms with Crippen molar-refractivity contribution < 1.29 is 22.3 Å². The third-order valence-electron chi connectivity index (χ3n) is 5.85. The van der Waals surface area contributed by atoms with Crippen molar-refractivity contribution in [2.45, 2.75) is 12.5 Å². The highest BCUT2D eigenvalue weighted by Gasteiger charge is 2.29. The summed E-state index contributed by atoms with van der Waals surface area (Å²) in [5.41, 5.74) is 2.58. The number of ether oxygens (including phenoxy) is 1. The Kier molecular flexibility index (Phi) is 5.94. The third kappa shape index (κ3) is 4.59. The molecule has 4 aromatic rings. The molecule has 0 saturated carbocycles. The van der Waals surface area contributed by atoms with Gasteiger partial charge in [0.1, 0.15) is 11.5 Å². The van der Waals surface area contributed by atoms with Crippen LogP contribution < -0.4 is 10.1 Å². The lowest BCUT2D eigenvalue weighted by Gasteiger charge is -2.11. The Bertz CT molecular complexity index is 1550. The van der Waals surface area contributed by atoms with E-state index in [1.165, 1.54) is 25.4 Å². The maximum absolute atomic E-state index is 13.6. The molecule has 0 bridgehead atoms. The van der Waals surface area contributed by atoms with Gasteiger partial charge in [0.05, 0.1) is 40.4 Å². The molecule has 1 atom stereocenters. The van der Waals surface area contributed by atoms with Gasteiger partial charge in [-0.3, -0.25) is 4.79 Å². The van der Waals surface area contributed by atoms with E-state index >= 15 is 0 Å². The predicted molar refractivity (Wildman–Crippen MR) is 130 cm³/mol. The van der Waals surface area contributed by atoms with Crippen molar-refractivity contribution in [3.63, 3.8) is 0 Å². The monoisotopic (exact) mass is 514 g/mol. The topological polar surface area (TPSA) is 103 Å². The van der Waals surface area contributed by atoms with Crippen molar-refractivity contribution >= 4 is 38.2 Å². The number of hydrogen-bond donors (Lipinski definition) is 1. The van der Waals surface area contributed by atoms with Gasteiger partial charge >= 0.3 is 0 Å². The molecule has 1 saturated heterocycles. The molecule has 8 nitrogen and oxygen atoms in total. The summed E-state index contributed by atoms with van der Waals surface area (Å²) in [4.78, 5) is 17.2. The molecule has 0 aliphatic carbocycles. The molecular weight excluding hydrogens is 495 g/mol. The Labute approximate surface area is 205 Å². The number of pyridine rings is 1. The molecule has 1 aliphatic heterocycles. The Hall–Kier alpha value is -3.50. The number of nitrogens with zero attached hydrogens (tertiary/aromatic N) is 3. The highest BCUT2D eigenvalue weighted by atomic mass is 35.5. The van der Waals surface area contributed by atoms with Crippen LogP contribution in [0.5, 0.6) is 5.88 Å². The van der Waals surface area contributed by atoms with Gasteiger partial charge in [-0.2, -0.15) is 5.10 Å². The minimum absolute atomic E-state index is 0.0627. The van der Waals surface area contributed by atoms with Gasteiger partial charge in [-0.15, -0.1) is 0 Å². The molecule has 5 rings (SSSR count). The molecular formula is C24H20ClFN4O4S. The number of carbonyl (C=O) groups is 1. The fourth-order valence-corrected chi connectivity index (χ4v) is 6.00. The quantitative estimate of drug-likeness (QED) is 0.434. The molecule has 0 spiro atoms. The number of aromatic nitrogens is 3. The van der Waals surface area contributed by atoms with Gasteiger partial charge in [0.15, 0.2) is 9.84 Å². The van der Waals surface area contributed by atoms with Crippen molar-refractivity contribution in [3.8, 4) is 22.8 Å². The molecule has 1 aliphatic rings. The fourth-order valence-electron chi connectivity index (χ4n) is 4.17.